The molecule has 1 N–H and O–H groups in total. The summed E-state index contributed by atoms with van der Waals surface area (Å²) in [4.78, 5) is 4.47. The lowest BCUT2D eigenvalue weighted by atomic mass is 10.0. The van der Waals surface area contributed by atoms with Gasteiger partial charge in [-0.15, -0.1) is 11.6 Å². The molecule has 0 aromatic carbocycles. The first-order valence-electron chi connectivity index (χ1n) is 5.70. The van der Waals surface area contributed by atoms with E-state index >= 15 is 0 Å². The Bertz CT molecular complexity index is 312. The molecule has 3 nitrogen and oxygen atoms in total. The summed E-state index contributed by atoms with van der Waals surface area (Å²) < 4.78 is 4.32. The minimum atomic E-state index is 0.380. The van der Waals surface area contributed by atoms with Gasteiger partial charge in [-0.3, -0.25) is 0 Å². The molecule has 0 radical (unpaired) electrons. The second-order valence-electron chi connectivity index (χ2n) is 4.58. The number of nitrogens with one attached hydrogen (secondary N) is 1. The van der Waals surface area contributed by atoms with Crippen LogP contribution in [0.25, 0.3) is 0 Å². The smallest absolute Gasteiger partial charge is 0.202 e. The standard InChI is InChI=1S/C11H20ClN3S/c1-7(2)9(5-6-12)13-11-14-10(8(3)4)15-16-11/h7-9H,5-6H2,1-4H3,(H,13,14,15). The second kappa shape index (κ2) is 6.40. The molecule has 0 saturated carbocycles. The molecule has 1 rings (SSSR count). The zero-order valence-electron chi connectivity index (χ0n) is 10.3. The van der Waals surface area contributed by atoms with Crippen molar-refractivity contribution in [3.05, 3.63) is 5.82 Å². The molecule has 5 heteroatoms. The van der Waals surface area contributed by atoms with Gasteiger partial charge in [0.05, 0.1) is 0 Å². The molecule has 1 aromatic rings. The lowest BCUT2D eigenvalue weighted by Gasteiger charge is -2.20. The van der Waals surface area contributed by atoms with Gasteiger partial charge >= 0.3 is 0 Å². The SMILES string of the molecule is CC(C)c1nsc(NC(CCCl)C(C)C)n1. The Morgan fingerprint density at radius 3 is 2.44 bits per heavy atom. The maximum atomic E-state index is 5.79. The molecule has 1 heterocycles. The van der Waals surface area contributed by atoms with Gasteiger partial charge in [0.2, 0.25) is 5.13 Å². The van der Waals surface area contributed by atoms with E-state index < -0.39 is 0 Å². The molecule has 0 aliphatic heterocycles. The largest absolute Gasteiger partial charge is 0.357 e. The van der Waals surface area contributed by atoms with Gasteiger partial charge in [-0.2, -0.15) is 4.37 Å². The minimum Gasteiger partial charge on any atom is -0.357 e. The van der Waals surface area contributed by atoms with E-state index in [4.69, 9.17) is 11.6 Å². The molecule has 0 bridgehead atoms. The predicted molar refractivity (Wildman–Crippen MR) is 71.6 cm³/mol. The van der Waals surface area contributed by atoms with Gasteiger partial charge in [0, 0.05) is 29.4 Å². The van der Waals surface area contributed by atoms with Crippen LogP contribution >= 0.6 is 23.1 Å². The number of aromatic nitrogens is 2. The molecular formula is C11H20ClN3S. The van der Waals surface area contributed by atoms with Crippen LogP contribution in [-0.2, 0) is 0 Å². The number of hydrogen-bond acceptors (Lipinski definition) is 4. The first-order valence-corrected chi connectivity index (χ1v) is 7.01. The van der Waals surface area contributed by atoms with Crippen molar-refractivity contribution in [1.82, 2.24) is 9.36 Å². The summed E-state index contributed by atoms with van der Waals surface area (Å²) in [5, 5.41) is 4.32. The minimum absolute atomic E-state index is 0.380. The van der Waals surface area contributed by atoms with Crippen LogP contribution in [0.1, 0.15) is 45.9 Å². The van der Waals surface area contributed by atoms with Crippen LogP contribution in [-0.4, -0.2) is 21.3 Å². The van der Waals surface area contributed by atoms with Crippen molar-refractivity contribution in [2.75, 3.05) is 11.2 Å². The molecule has 1 aromatic heterocycles. The van der Waals surface area contributed by atoms with E-state index in [1.807, 2.05) is 0 Å². The molecule has 0 saturated heterocycles. The second-order valence-corrected chi connectivity index (χ2v) is 5.71. The van der Waals surface area contributed by atoms with Gasteiger partial charge in [0.1, 0.15) is 5.82 Å². The molecule has 1 unspecified atom stereocenters. The lowest BCUT2D eigenvalue weighted by molar-refractivity contribution is 0.512. The molecule has 0 fully saturated rings. The van der Waals surface area contributed by atoms with Gasteiger partial charge in [0.25, 0.3) is 0 Å². The fraction of sp³-hybridized carbons (Fsp3) is 0.818. The quantitative estimate of drug-likeness (QED) is 0.793. The zero-order valence-corrected chi connectivity index (χ0v) is 11.9. The average Bonchev–Trinajstić information content (AvgIpc) is 2.65. The van der Waals surface area contributed by atoms with Crippen molar-refractivity contribution in [2.24, 2.45) is 5.92 Å². The van der Waals surface area contributed by atoms with Gasteiger partial charge in [-0.25, -0.2) is 4.98 Å². The van der Waals surface area contributed by atoms with E-state index in [9.17, 15) is 0 Å². The molecule has 92 valence electrons. The monoisotopic (exact) mass is 261 g/mol. The molecule has 0 spiro atoms. The van der Waals surface area contributed by atoms with Crippen LogP contribution in [0.4, 0.5) is 5.13 Å². The van der Waals surface area contributed by atoms with Crippen LogP contribution in [0.5, 0.6) is 0 Å². The van der Waals surface area contributed by atoms with Crippen molar-refractivity contribution in [3.8, 4) is 0 Å². The fourth-order valence-corrected chi connectivity index (χ4v) is 2.38. The highest BCUT2D eigenvalue weighted by Crippen LogP contribution is 2.20. The highest BCUT2D eigenvalue weighted by molar-refractivity contribution is 7.09. The normalized spacial score (nSPS) is 13.4. The van der Waals surface area contributed by atoms with Crippen molar-refractivity contribution in [1.29, 1.82) is 0 Å². The maximum Gasteiger partial charge on any atom is 0.202 e. The summed E-state index contributed by atoms with van der Waals surface area (Å²) in [6, 6.07) is 0.380. The van der Waals surface area contributed by atoms with Crippen LogP contribution in [0.15, 0.2) is 0 Å². The summed E-state index contributed by atoms with van der Waals surface area (Å²) in [5.74, 6) is 2.52. The third-order valence-corrected chi connectivity index (χ3v) is 3.37. The molecule has 0 amide bonds. The maximum absolute atomic E-state index is 5.79. The Kier molecular flexibility index (Phi) is 5.49. The van der Waals surface area contributed by atoms with E-state index in [-0.39, 0.29) is 0 Å². The van der Waals surface area contributed by atoms with E-state index in [2.05, 4.69) is 42.4 Å². The van der Waals surface area contributed by atoms with Gasteiger partial charge < -0.3 is 5.32 Å². The third kappa shape index (κ3) is 3.91. The van der Waals surface area contributed by atoms with Crippen LogP contribution in [0.3, 0.4) is 0 Å². The molecule has 16 heavy (non-hydrogen) atoms. The highest BCUT2D eigenvalue weighted by Gasteiger charge is 2.15. The number of rotatable bonds is 6. The highest BCUT2D eigenvalue weighted by atomic mass is 35.5. The first kappa shape index (κ1) is 13.7. The van der Waals surface area contributed by atoms with Crippen molar-refractivity contribution < 1.29 is 0 Å². The molecule has 0 aliphatic rings. The van der Waals surface area contributed by atoms with Crippen LogP contribution in [0, 0.1) is 5.92 Å². The summed E-state index contributed by atoms with van der Waals surface area (Å²) in [5.41, 5.74) is 0. The number of anilines is 1. The van der Waals surface area contributed by atoms with Crippen molar-refractivity contribution in [2.45, 2.75) is 46.1 Å². The van der Waals surface area contributed by atoms with Gasteiger partial charge in [-0.05, 0) is 12.3 Å². The number of nitrogens with zero attached hydrogens (tertiary/aromatic N) is 2. The number of halogens is 1. The fourth-order valence-electron chi connectivity index (χ4n) is 1.38. The Morgan fingerprint density at radius 2 is 2.00 bits per heavy atom. The first-order chi connectivity index (χ1) is 7.54. The summed E-state index contributed by atoms with van der Waals surface area (Å²) >= 11 is 7.22. The van der Waals surface area contributed by atoms with Crippen LogP contribution in [0.2, 0.25) is 0 Å². The van der Waals surface area contributed by atoms with Crippen molar-refractivity contribution >= 4 is 28.3 Å². The Morgan fingerprint density at radius 1 is 1.31 bits per heavy atom. The van der Waals surface area contributed by atoms with Crippen molar-refractivity contribution in [3.63, 3.8) is 0 Å². The molecule has 1 atom stereocenters. The van der Waals surface area contributed by atoms with E-state index in [1.165, 1.54) is 11.5 Å². The molecular weight excluding hydrogens is 242 g/mol. The number of alkyl halides is 1. The number of hydrogen-bond donors (Lipinski definition) is 1. The van der Waals surface area contributed by atoms with Crippen LogP contribution < -0.4 is 5.32 Å². The summed E-state index contributed by atoms with van der Waals surface area (Å²) in [6.07, 6.45) is 0.954. The topological polar surface area (TPSA) is 37.8 Å². The third-order valence-electron chi connectivity index (χ3n) is 2.49. The van der Waals surface area contributed by atoms with E-state index in [0.29, 0.717) is 23.8 Å². The Hall–Kier alpha value is -0.350. The summed E-state index contributed by atoms with van der Waals surface area (Å²) in [7, 11) is 0. The van der Waals surface area contributed by atoms with Gasteiger partial charge in [0.15, 0.2) is 0 Å². The summed E-state index contributed by atoms with van der Waals surface area (Å²) in [6.45, 7) is 8.58. The van der Waals surface area contributed by atoms with E-state index in [0.717, 1.165) is 17.4 Å². The lowest BCUT2D eigenvalue weighted by Crippen LogP contribution is -2.26. The van der Waals surface area contributed by atoms with Gasteiger partial charge in [-0.1, -0.05) is 27.7 Å². The Labute approximate surface area is 107 Å². The average molecular weight is 262 g/mol. The predicted octanol–water partition coefficient (Wildman–Crippen LogP) is 3.73. The molecule has 0 aliphatic carbocycles. The zero-order chi connectivity index (χ0) is 12.1. The van der Waals surface area contributed by atoms with E-state index in [1.54, 1.807) is 0 Å². The Balaban J connectivity index is 2.62.